The number of carbonyl (C=O) groups excluding carboxylic acids is 1. The van der Waals surface area contributed by atoms with Gasteiger partial charge in [0.25, 0.3) is 0 Å². The number of aliphatic carboxylic acids is 1. The predicted molar refractivity (Wildman–Crippen MR) is 49.6 cm³/mol. The van der Waals surface area contributed by atoms with E-state index in [2.05, 4.69) is 5.32 Å². The summed E-state index contributed by atoms with van der Waals surface area (Å²) >= 11 is 0. The van der Waals surface area contributed by atoms with Crippen LogP contribution in [0.25, 0.3) is 0 Å². The lowest BCUT2D eigenvalue weighted by molar-refractivity contribution is -0.150. The Bertz CT molecular complexity index is 289. The van der Waals surface area contributed by atoms with Gasteiger partial charge in [0, 0.05) is 6.92 Å². The first-order valence-corrected chi connectivity index (χ1v) is 5.07. The number of hydrogen-bond donors (Lipinski definition) is 2. The molecular weight excluding hydrogens is 182 g/mol. The van der Waals surface area contributed by atoms with E-state index in [0.29, 0.717) is 12.3 Å². The Kier molecular flexibility index (Phi) is 2.01. The number of carboxylic acid groups (broad SMARTS) is 1. The van der Waals surface area contributed by atoms with Gasteiger partial charge in [0.1, 0.15) is 5.54 Å². The molecule has 0 spiro atoms. The van der Waals surface area contributed by atoms with E-state index in [0.717, 1.165) is 19.3 Å². The summed E-state index contributed by atoms with van der Waals surface area (Å²) in [6, 6.07) is 0. The zero-order valence-corrected chi connectivity index (χ0v) is 8.25. The maximum absolute atomic E-state index is 11.2. The van der Waals surface area contributed by atoms with E-state index in [-0.39, 0.29) is 11.8 Å². The normalized spacial score (nSPS) is 39.8. The van der Waals surface area contributed by atoms with Crippen LogP contribution in [-0.4, -0.2) is 22.5 Å². The molecule has 0 aromatic carbocycles. The molecule has 2 aliphatic rings. The zero-order chi connectivity index (χ0) is 10.3. The van der Waals surface area contributed by atoms with Crippen LogP contribution in [0.1, 0.15) is 32.6 Å². The Balaban J connectivity index is 2.24. The minimum absolute atomic E-state index is 0.147. The molecule has 3 atom stereocenters. The molecule has 0 saturated heterocycles. The summed E-state index contributed by atoms with van der Waals surface area (Å²) in [5.74, 6) is -0.448. The molecule has 14 heavy (non-hydrogen) atoms. The second-order valence-corrected chi connectivity index (χ2v) is 4.54. The third-order valence-electron chi connectivity index (χ3n) is 3.63. The van der Waals surface area contributed by atoms with Crippen LogP contribution in [0.15, 0.2) is 0 Å². The first-order chi connectivity index (χ1) is 6.54. The van der Waals surface area contributed by atoms with Crippen molar-refractivity contribution in [3.8, 4) is 0 Å². The van der Waals surface area contributed by atoms with Crippen LogP contribution >= 0.6 is 0 Å². The molecule has 0 aromatic rings. The van der Waals surface area contributed by atoms with Crippen molar-refractivity contribution in [1.82, 2.24) is 5.32 Å². The molecule has 2 saturated carbocycles. The lowest BCUT2D eigenvalue weighted by Gasteiger charge is -2.33. The first-order valence-electron chi connectivity index (χ1n) is 5.07. The summed E-state index contributed by atoms with van der Waals surface area (Å²) in [5, 5.41) is 11.9. The van der Waals surface area contributed by atoms with Crippen LogP contribution < -0.4 is 5.32 Å². The Hall–Kier alpha value is -1.06. The molecular formula is C10H15NO3. The molecule has 0 heterocycles. The van der Waals surface area contributed by atoms with E-state index >= 15 is 0 Å². The molecule has 2 rings (SSSR count). The Morgan fingerprint density at radius 3 is 2.50 bits per heavy atom. The van der Waals surface area contributed by atoms with Crippen molar-refractivity contribution >= 4 is 11.9 Å². The summed E-state index contributed by atoms with van der Waals surface area (Å²) in [5.41, 5.74) is -0.950. The van der Waals surface area contributed by atoms with Crippen molar-refractivity contribution in [3.63, 3.8) is 0 Å². The van der Waals surface area contributed by atoms with E-state index in [1.165, 1.54) is 6.92 Å². The van der Waals surface area contributed by atoms with Gasteiger partial charge >= 0.3 is 5.97 Å². The number of rotatable bonds is 2. The molecule has 2 bridgehead atoms. The molecule has 2 fully saturated rings. The third kappa shape index (κ3) is 1.21. The number of nitrogens with one attached hydrogen (secondary N) is 1. The maximum Gasteiger partial charge on any atom is 0.329 e. The van der Waals surface area contributed by atoms with Gasteiger partial charge in [0.15, 0.2) is 0 Å². The van der Waals surface area contributed by atoms with Crippen molar-refractivity contribution in [2.75, 3.05) is 0 Å². The van der Waals surface area contributed by atoms with Crippen LogP contribution in [0.5, 0.6) is 0 Å². The maximum atomic E-state index is 11.2. The molecule has 1 amide bonds. The number of hydrogen-bond acceptors (Lipinski definition) is 2. The van der Waals surface area contributed by atoms with Crippen LogP contribution in [-0.2, 0) is 9.59 Å². The van der Waals surface area contributed by atoms with Crippen molar-refractivity contribution < 1.29 is 14.7 Å². The van der Waals surface area contributed by atoms with Gasteiger partial charge in [-0.15, -0.1) is 0 Å². The number of fused-ring (bicyclic) bond motifs is 2. The Morgan fingerprint density at radius 2 is 2.14 bits per heavy atom. The summed E-state index contributed by atoms with van der Waals surface area (Å²) in [7, 11) is 0. The second-order valence-electron chi connectivity index (χ2n) is 4.54. The first kappa shape index (κ1) is 9.49. The average molecular weight is 197 g/mol. The van der Waals surface area contributed by atoms with Gasteiger partial charge in [-0.25, -0.2) is 4.79 Å². The van der Waals surface area contributed by atoms with Gasteiger partial charge in [-0.05, 0) is 37.5 Å². The lowest BCUT2D eigenvalue weighted by atomic mass is 9.81. The van der Waals surface area contributed by atoms with Crippen molar-refractivity contribution in [3.05, 3.63) is 0 Å². The number of carbonyl (C=O) groups is 2. The molecule has 2 N–H and O–H groups in total. The molecule has 78 valence electrons. The average Bonchev–Trinajstić information content (AvgIpc) is 2.61. The van der Waals surface area contributed by atoms with Crippen LogP contribution in [0.3, 0.4) is 0 Å². The van der Waals surface area contributed by atoms with Crippen LogP contribution in [0.4, 0.5) is 0 Å². The monoisotopic (exact) mass is 197 g/mol. The fourth-order valence-electron chi connectivity index (χ4n) is 3.11. The smallest absolute Gasteiger partial charge is 0.329 e. The highest BCUT2D eigenvalue weighted by Crippen LogP contribution is 2.50. The second kappa shape index (κ2) is 2.97. The van der Waals surface area contributed by atoms with Crippen molar-refractivity contribution in [2.45, 2.75) is 38.1 Å². The number of carboxylic acids is 1. The SMILES string of the molecule is CC(=O)N[C@@]1(C(=O)O)C[C@@H]2CC[C@H]1C2. The molecule has 0 unspecified atom stereocenters. The summed E-state index contributed by atoms with van der Waals surface area (Å²) in [6.07, 6.45) is 3.65. The van der Waals surface area contributed by atoms with Gasteiger partial charge in [0.05, 0.1) is 0 Å². The molecule has 0 aliphatic heterocycles. The Labute approximate surface area is 82.7 Å². The Morgan fingerprint density at radius 1 is 1.43 bits per heavy atom. The highest BCUT2D eigenvalue weighted by atomic mass is 16.4. The molecule has 0 aromatic heterocycles. The summed E-state index contributed by atoms with van der Waals surface area (Å²) < 4.78 is 0. The topological polar surface area (TPSA) is 66.4 Å². The fraction of sp³-hybridized carbons (Fsp3) is 0.800. The van der Waals surface area contributed by atoms with Gasteiger partial charge < -0.3 is 10.4 Å². The highest BCUT2D eigenvalue weighted by Gasteiger charge is 2.56. The summed E-state index contributed by atoms with van der Waals surface area (Å²) in [4.78, 5) is 22.2. The van der Waals surface area contributed by atoms with Crippen molar-refractivity contribution in [2.24, 2.45) is 11.8 Å². The predicted octanol–water partition coefficient (Wildman–Crippen LogP) is 0.766. The van der Waals surface area contributed by atoms with Gasteiger partial charge in [-0.3, -0.25) is 4.79 Å². The van der Waals surface area contributed by atoms with Crippen LogP contribution in [0.2, 0.25) is 0 Å². The van der Waals surface area contributed by atoms with E-state index in [9.17, 15) is 14.7 Å². The molecule has 0 radical (unpaired) electrons. The third-order valence-corrected chi connectivity index (χ3v) is 3.63. The zero-order valence-electron chi connectivity index (χ0n) is 8.25. The van der Waals surface area contributed by atoms with E-state index in [1.807, 2.05) is 0 Å². The minimum Gasteiger partial charge on any atom is -0.479 e. The number of amides is 1. The van der Waals surface area contributed by atoms with E-state index < -0.39 is 11.5 Å². The summed E-state index contributed by atoms with van der Waals surface area (Å²) in [6.45, 7) is 1.39. The lowest BCUT2D eigenvalue weighted by Crippen LogP contribution is -2.57. The molecule has 4 nitrogen and oxygen atoms in total. The highest BCUT2D eigenvalue weighted by molar-refractivity contribution is 5.87. The van der Waals surface area contributed by atoms with Crippen LogP contribution in [0, 0.1) is 11.8 Å². The molecule has 2 aliphatic carbocycles. The minimum atomic E-state index is -0.950. The van der Waals surface area contributed by atoms with Gasteiger partial charge in [-0.2, -0.15) is 0 Å². The fourth-order valence-corrected chi connectivity index (χ4v) is 3.11. The molecule has 4 heteroatoms. The quantitative estimate of drug-likeness (QED) is 0.687. The standard InChI is InChI=1S/C10H15NO3/c1-6(12)11-10(9(13)14)5-7-2-3-8(10)4-7/h7-8H,2-5H2,1H3,(H,11,12)(H,13,14)/t7-,8+,10+/m1/s1. The van der Waals surface area contributed by atoms with E-state index in [1.54, 1.807) is 0 Å². The van der Waals surface area contributed by atoms with Crippen molar-refractivity contribution in [1.29, 1.82) is 0 Å². The van der Waals surface area contributed by atoms with Gasteiger partial charge in [-0.1, -0.05) is 0 Å². The van der Waals surface area contributed by atoms with E-state index in [4.69, 9.17) is 0 Å². The van der Waals surface area contributed by atoms with Gasteiger partial charge in [0.2, 0.25) is 5.91 Å². The largest absolute Gasteiger partial charge is 0.479 e.